The number of para-hydroxylation sites is 2. The summed E-state index contributed by atoms with van der Waals surface area (Å²) in [5, 5.41) is 6.89. The van der Waals surface area contributed by atoms with Crippen LogP contribution in [0.3, 0.4) is 0 Å². The quantitative estimate of drug-likeness (QED) is 0.196. The average molecular weight is 548 g/mol. The van der Waals surface area contributed by atoms with Crippen molar-refractivity contribution in [3.8, 4) is 0 Å². The molecule has 7 nitrogen and oxygen atoms in total. The van der Waals surface area contributed by atoms with Crippen LogP contribution in [0.2, 0.25) is 0 Å². The fraction of sp³-hybridized carbons (Fsp3) is 0.417. The van der Waals surface area contributed by atoms with Gasteiger partial charge in [0, 0.05) is 46.3 Å². The number of aliphatic imine (C=N–C) groups is 1. The smallest absolute Gasteiger partial charge is 0.191 e. The van der Waals surface area contributed by atoms with E-state index in [0.29, 0.717) is 0 Å². The van der Waals surface area contributed by atoms with Gasteiger partial charge in [-0.25, -0.2) is 4.98 Å². The van der Waals surface area contributed by atoms with Crippen molar-refractivity contribution in [1.29, 1.82) is 0 Å². The number of benzene rings is 2. The summed E-state index contributed by atoms with van der Waals surface area (Å²) in [7, 11) is 1.82. The molecular formula is C24H33IN6O. The molecule has 2 heterocycles. The number of nitrogens with one attached hydrogen (secondary N) is 2. The Balaban J connectivity index is 0.00000289. The summed E-state index contributed by atoms with van der Waals surface area (Å²) in [5.41, 5.74) is 4.90. The summed E-state index contributed by atoms with van der Waals surface area (Å²) < 4.78 is 7.67. The van der Waals surface area contributed by atoms with E-state index in [2.05, 4.69) is 66.5 Å². The Morgan fingerprint density at radius 2 is 1.78 bits per heavy atom. The van der Waals surface area contributed by atoms with Gasteiger partial charge < -0.3 is 19.9 Å². The van der Waals surface area contributed by atoms with E-state index >= 15 is 0 Å². The molecular weight excluding hydrogens is 515 g/mol. The molecule has 0 radical (unpaired) electrons. The van der Waals surface area contributed by atoms with Crippen molar-refractivity contribution < 1.29 is 4.74 Å². The Kier molecular flexibility index (Phi) is 9.76. The Morgan fingerprint density at radius 1 is 1.03 bits per heavy atom. The maximum absolute atomic E-state index is 5.47. The third-order valence-electron chi connectivity index (χ3n) is 5.68. The van der Waals surface area contributed by atoms with Gasteiger partial charge in [0.2, 0.25) is 0 Å². The van der Waals surface area contributed by atoms with Gasteiger partial charge in [0.15, 0.2) is 5.96 Å². The van der Waals surface area contributed by atoms with E-state index in [1.54, 1.807) is 0 Å². The topological polar surface area (TPSA) is 66.7 Å². The van der Waals surface area contributed by atoms with Crippen molar-refractivity contribution in [2.75, 3.05) is 39.9 Å². The lowest BCUT2D eigenvalue weighted by Crippen LogP contribution is -2.38. The number of aryl methyl sites for hydroxylation is 1. The number of fused-ring (bicyclic) bond motifs is 1. The lowest BCUT2D eigenvalue weighted by molar-refractivity contribution is 0.0341. The number of halogens is 1. The van der Waals surface area contributed by atoms with E-state index in [1.807, 2.05) is 25.5 Å². The minimum atomic E-state index is 0. The Bertz CT molecular complexity index is 999. The number of nitrogens with zero attached hydrogens (tertiary/aromatic N) is 4. The third kappa shape index (κ3) is 6.66. The van der Waals surface area contributed by atoms with Crippen LogP contribution < -0.4 is 10.6 Å². The second kappa shape index (κ2) is 12.8. The summed E-state index contributed by atoms with van der Waals surface area (Å²) in [6, 6.07) is 16.9. The van der Waals surface area contributed by atoms with Crippen molar-refractivity contribution >= 4 is 41.0 Å². The number of rotatable bonds is 8. The predicted molar refractivity (Wildman–Crippen MR) is 141 cm³/mol. The highest BCUT2D eigenvalue weighted by Crippen LogP contribution is 2.13. The van der Waals surface area contributed by atoms with E-state index in [0.717, 1.165) is 70.4 Å². The molecule has 172 valence electrons. The summed E-state index contributed by atoms with van der Waals surface area (Å²) in [5.74, 6) is 0.830. The van der Waals surface area contributed by atoms with Gasteiger partial charge in [-0.2, -0.15) is 0 Å². The third-order valence-corrected chi connectivity index (χ3v) is 5.68. The molecule has 2 N–H and O–H groups in total. The van der Waals surface area contributed by atoms with Crippen LogP contribution in [0.15, 0.2) is 59.9 Å². The van der Waals surface area contributed by atoms with E-state index in [4.69, 9.17) is 4.74 Å². The van der Waals surface area contributed by atoms with Crippen LogP contribution in [0, 0.1) is 0 Å². The predicted octanol–water partition coefficient (Wildman–Crippen LogP) is 3.24. The van der Waals surface area contributed by atoms with Gasteiger partial charge in [-0.15, -0.1) is 24.0 Å². The molecule has 1 saturated heterocycles. The Labute approximate surface area is 207 Å². The zero-order valence-corrected chi connectivity index (χ0v) is 21.0. The van der Waals surface area contributed by atoms with Gasteiger partial charge in [-0.1, -0.05) is 36.4 Å². The number of guanidine groups is 1. The van der Waals surface area contributed by atoms with E-state index in [-0.39, 0.29) is 24.0 Å². The van der Waals surface area contributed by atoms with E-state index in [9.17, 15) is 0 Å². The molecule has 2 aromatic carbocycles. The van der Waals surface area contributed by atoms with Crippen molar-refractivity contribution in [2.24, 2.45) is 4.99 Å². The van der Waals surface area contributed by atoms with E-state index < -0.39 is 0 Å². The average Bonchev–Trinajstić information content (AvgIpc) is 3.23. The van der Waals surface area contributed by atoms with Gasteiger partial charge >= 0.3 is 0 Å². The molecule has 1 fully saturated rings. The molecule has 8 heteroatoms. The first kappa shape index (κ1) is 24.5. The number of hydrogen-bond acceptors (Lipinski definition) is 4. The van der Waals surface area contributed by atoms with Crippen molar-refractivity contribution in [3.63, 3.8) is 0 Å². The van der Waals surface area contributed by atoms with Crippen LogP contribution in [-0.4, -0.2) is 60.3 Å². The maximum atomic E-state index is 5.47. The molecule has 1 aromatic heterocycles. The van der Waals surface area contributed by atoms with Crippen LogP contribution in [0.25, 0.3) is 11.0 Å². The van der Waals surface area contributed by atoms with Gasteiger partial charge in [0.1, 0.15) is 0 Å². The normalized spacial score (nSPS) is 14.8. The first-order valence-corrected chi connectivity index (χ1v) is 11.0. The highest BCUT2D eigenvalue weighted by molar-refractivity contribution is 14.0. The summed E-state index contributed by atoms with van der Waals surface area (Å²) in [6.07, 6.45) is 2.91. The molecule has 0 aliphatic carbocycles. The van der Waals surface area contributed by atoms with Crippen LogP contribution in [0.4, 0.5) is 0 Å². The maximum Gasteiger partial charge on any atom is 0.191 e. The van der Waals surface area contributed by atoms with Gasteiger partial charge in [0.05, 0.1) is 30.6 Å². The second-order valence-corrected chi connectivity index (χ2v) is 7.79. The highest BCUT2D eigenvalue weighted by Gasteiger charge is 2.12. The van der Waals surface area contributed by atoms with Gasteiger partial charge in [0.25, 0.3) is 0 Å². The lowest BCUT2D eigenvalue weighted by Gasteiger charge is -2.27. The molecule has 0 spiro atoms. The van der Waals surface area contributed by atoms with Crippen LogP contribution >= 0.6 is 24.0 Å². The van der Waals surface area contributed by atoms with Crippen molar-refractivity contribution in [3.05, 3.63) is 66.0 Å². The van der Waals surface area contributed by atoms with E-state index in [1.165, 1.54) is 16.6 Å². The number of aromatic nitrogens is 2. The zero-order chi connectivity index (χ0) is 21.3. The first-order chi connectivity index (χ1) is 15.3. The fourth-order valence-corrected chi connectivity index (χ4v) is 3.93. The molecule has 0 saturated carbocycles. The monoisotopic (exact) mass is 548 g/mol. The second-order valence-electron chi connectivity index (χ2n) is 7.79. The standard InChI is InChI=1S/C24H32N6O.HI/c1-25-24(26-11-6-12-30-19-28-22-9-4-5-10-23(22)30)27-17-20-7-2-3-8-21(20)18-29-13-15-31-16-14-29;/h2-5,7-10,19H,6,11-18H2,1H3,(H2,25,26,27);1H. The van der Waals surface area contributed by atoms with Crippen LogP contribution in [0.1, 0.15) is 17.5 Å². The summed E-state index contributed by atoms with van der Waals surface area (Å²) >= 11 is 0. The number of imidazole rings is 1. The van der Waals surface area contributed by atoms with Crippen molar-refractivity contribution in [2.45, 2.75) is 26.1 Å². The first-order valence-electron chi connectivity index (χ1n) is 11.0. The molecule has 0 unspecified atom stereocenters. The Hall–Kier alpha value is -2.17. The largest absolute Gasteiger partial charge is 0.379 e. The Morgan fingerprint density at radius 3 is 2.59 bits per heavy atom. The molecule has 0 atom stereocenters. The number of hydrogen-bond donors (Lipinski definition) is 2. The summed E-state index contributed by atoms with van der Waals surface area (Å²) in [6.45, 7) is 7.14. The van der Waals surface area contributed by atoms with Crippen LogP contribution in [0.5, 0.6) is 0 Å². The highest BCUT2D eigenvalue weighted by atomic mass is 127. The summed E-state index contributed by atoms with van der Waals surface area (Å²) in [4.78, 5) is 11.3. The zero-order valence-electron chi connectivity index (χ0n) is 18.7. The SMILES string of the molecule is CN=C(NCCCn1cnc2ccccc21)NCc1ccccc1CN1CCOCC1.I. The fourth-order valence-electron chi connectivity index (χ4n) is 3.93. The van der Waals surface area contributed by atoms with Gasteiger partial charge in [-0.3, -0.25) is 9.89 Å². The minimum absolute atomic E-state index is 0. The molecule has 1 aliphatic heterocycles. The number of morpholine rings is 1. The van der Waals surface area contributed by atoms with Crippen LogP contribution in [-0.2, 0) is 24.4 Å². The molecule has 1 aliphatic rings. The molecule has 0 bridgehead atoms. The number of ether oxygens (including phenoxy) is 1. The van der Waals surface area contributed by atoms with Gasteiger partial charge in [-0.05, 0) is 29.7 Å². The molecule has 32 heavy (non-hydrogen) atoms. The van der Waals surface area contributed by atoms with Crippen molar-refractivity contribution in [1.82, 2.24) is 25.1 Å². The molecule has 4 rings (SSSR count). The minimum Gasteiger partial charge on any atom is -0.379 e. The lowest BCUT2D eigenvalue weighted by atomic mass is 10.1. The molecule has 0 amide bonds. The molecule has 3 aromatic rings.